The Morgan fingerprint density at radius 1 is 1.15 bits per heavy atom. The molecule has 0 radical (unpaired) electrons. The van der Waals surface area contributed by atoms with E-state index in [9.17, 15) is 14.4 Å². The highest BCUT2D eigenvalue weighted by Gasteiger charge is 2.29. The number of aromatic nitrogens is 1. The molecule has 0 spiro atoms. The molecule has 3 rings (SSSR count). The third-order valence-corrected chi connectivity index (χ3v) is 5.35. The summed E-state index contributed by atoms with van der Waals surface area (Å²) < 4.78 is 10.8. The molecule has 1 aliphatic rings. The van der Waals surface area contributed by atoms with E-state index in [1.165, 1.54) is 0 Å². The molecule has 1 aliphatic heterocycles. The molecule has 2 amide bonds. The zero-order valence-electron chi connectivity index (χ0n) is 19.8. The Morgan fingerprint density at radius 2 is 1.85 bits per heavy atom. The van der Waals surface area contributed by atoms with E-state index in [0.29, 0.717) is 26.3 Å². The van der Waals surface area contributed by atoms with Crippen molar-refractivity contribution in [3.8, 4) is 0 Å². The Labute approximate surface area is 194 Å². The highest BCUT2D eigenvalue weighted by atomic mass is 16.6. The number of hydrogen-bond acceptors (Lipinski definition) is 6. The number of amides is 2. The summed E-state index contributed by atoms with van der Waals surface area (Å²) in [4.78, 5) is 43.3. The van der Waals surface area contributed by atoms with Gasteiger partial charge in [0.05, 0.1) is 19.8 Å². The molecule has 2 aromatic rings. The predicted molar refractivity (Wildman–Crippen MR) is 125 cm³/mol. The molecule has 3 N–H and O–H groups in total. The van der Waals surface area contributed by atoms with Gasteiger partial charge in [0.2, 0.25) is 11.8 Å². The van der Waals surface area contributed by atoms with Gasteiger partial charge in [-0.25, -0.2) is 4.79 Å². The van der Waals surface area contributed by atoms with Crippen LogP contribution in [0, 0.1) is 0 Å². The van der Waals surface area contributed by atoms with Crippen molar-refractivity contribution in [2.24, 2.45) is 0 Å². The second-order valence-corrected chi connectivity index (χ2v) is 9.34. The standard InChI is InChI=1S/C24H34N4O5/c1-16(26-21(29)15-28-9-11-32-12-10-28)22(30)27-20(23(31)33-24(2,3)4)13-17-14-25-19-8-6-5-7-18(17)19/h5-8,14,16,20,25H,9-13,15H2,1-4H3,(H,26,29)(H,27,30). The van der Waals surface area contributed by atoms with Gasteiger partial charge in [0.15, 0.2) is 0 Å². The number of H-pyrrole nitrogens is 1. The fourth-order valence-electron chi connectivity index (χ4n) is 3.70. The summed E-state index contributed by atoms with van der Waals surface area (Å²) in [6.07, 6.45) is 2.10. The maximum absolute atomic E-state index is 12.9. The van der Waals surface area contributed by atoms with E-state index in [1.807, 2.05) is 35.4 Å². The first-order valence-electron chi connectivity index (χ1n) is 11.3. The molecule has 0 saturated carbocycles. The zero-order chi connectivity index (χ0) is 24.0. The maximum atomic E-state index is 12.9. The first kappa shape index (κ1) is 24.7. The second-order valence-electron chi connectivity index (χ2n) is 9.34. The van der Waals surface area contributed by atoms with Crippen molar-refractivity contribution in [1.29, 1.82) is 0 Å². The molecule has 2 unspecified atom stereocenters. The van der Waals surface area contributed by atoms with Gasteiger partial charge in [0.1, 0.15) is 17.7 Å². The summed E-state index contributed by atoms with van der Waals surface area (Å²) >= 11 is 0. The molecular weight excluding hydrogens is 424 g/mol. The fraction of sp³-hybridized carbons (Fsp3) is 0.542. The van der Waals surface area contributed by atoms with Crippen LogP contribution in [0.5, 0.6) is 0 Å². The minimum atomic E-state index is -0.894. The van der Waals surface area contributed by atoms with E-state index in [0.717, 1.165) is 16.5 Å². The number of nitrogens with zero attached hydrogens (tertiary/aromatic N) is 1. The van der Waals surface area contributed by atoms with Crippen molar-refractivity contribution in [1.82, 2.24) is 20.5 Å². The fourth-order valence-corrected chi connectivity index (χ4v) is 3.70. The minimum absolute atomic E-state index is 0.200. The molecular formula is C24H34N4O5. The SMILES string of the molecule is CC(NC(=O)CN1CCOCC1)C(=O)NC(Cc1c[nH]c2ccccc12)C(=O)OC(C)(C)C. The van der Waals surface area contributed by atoms with Gasteiger partial charge in [-0.15, -0.1) is 0 Å². The first-order chi connectivity index (χ1) is 15.6. The monoisotopic (exact) mass is 458 g/mol. The lowest BCUT2D eigenvalue weighted by atomic mass is 10.0. The molecule has 2 heterocycles. The van der Waals surface area contributed by atoms with Crippen LogP contribution in [0.4, 0.5) is 0 Å². The van der Waals surface area contributed by atoms with Crippen LogP contribution >= 0.6 is 0 Å². The van der Waals surface area contributed by atoms with Gasteiger partial charge in [0.25, 0.3) is 0 Å². The summed E-state index contributed by atoms with van der Waals surface area (Å²) in [5.74, 6) is -1.21. The van der Waals surface area contributed by atoms with Crippen LogP contribution < -0.4 is 10.6 Å². The number of hydrogen-bond donors (Lipinski definition) is 3. The molecule has 9 nitrogen and oxygen atoms in total. The Hall–Kier alpha value is -2.91. The van der Waals surface area contributed by atoms with Gasteiger partial charge in [-0.1, -0.05) is 18.2 Å². The van der Waals surface area contributed by atoms with E-state index < -0.39 is 29.6 Å². The topological polar surface area (TPSA) is 113 Å². The average molecular weight is 459 g/mol. The largest absolute Gasteiger partial charge is 0.458 e. The smallest absolute Gasteiger partial charge is 0.329 e. The number of fused-ring (bicyclic) bond motifs is 1. The van der Waals surface area contributed by atoms with Gasteiger partial charge >= 0.3 is 5.97 Å². The van der Waals surface area contributed by atoms with E-state index >= 15 is 0 Å². The van der Waals surface area contributed by atoms with Gasteiger partial charge in [0, 0.05) is 36.6 Å². The number of benzene rings is 1. The molecule has 1 aromatic heterocycles. The number of morpholine rings is 1. The molecule has 1 aromatic carbocycles. The van der Waals surface area contributed by atoms with Gasteiger partial charge in [-0.05, 0) is 39.3 Å². The van der Waals surface area contributed by atoms with Crippen LogP contribution in [0.25, 0.3) is 10.9 Å². The summed E-state index contributed by atoms with van der Waals surface area (Å²) in [6.45, 7) is 9.69. The number of esters is 1. The van der Waals surface area contributed by atoms with Crippen molar-refractivity contribution in [2.75, 3.05) is 32.8 Å². The lowest BCUT2D eigenvalue weighted by Gasteiger charge is -2.27. The number of para-hydroxylation sites is 1. The zero-order valence-corrected chi connectivity index (χ0v) is 19.8. The average Bonchev–Trinajstić information content (AvgIpc) is 3.15. The molecule has 0 bridgehead atoms. The number of carbonyl (C=O) groups is 3. The van der Waals surface area contributed by atoms with Crippen molar-refractivity contribution >= 4 is 28.7 Å². The van der Waals surface area contributed by atoms with E-state index in [1.54, 1.807) is 27.7 Å². The third kappa shape index (κ3) is 7.30. The van der Waals surface area contributed by atoms with Crippen molar-refractivity contribution < 1.29 is 23.9 Å². The van der Waals surface area contributed by atoms with Crippen LogP contribution in [0.15, 0.2) is 30.5 Å². The van der Waals surface area contributed by atoms with Crippen molar-refractivity contribution in [3.63, 3.8) is 0 Å². The summed E-state index contributed by atoms with van der Waals surface area (Å²) in [6, 6.07) is 6.07. The molecule has 33 heavy (non-hydrogen) atoms. The number of ether oxygens (including phenoxy) is 2. The maximum Gasteiger partial charge on any atom is 0.329 e. The van der Waals surface area contributed by atoms with Gasteiger partial charge in [-0.2, -0.15) is 0 Å². The quantitative estimate of drug-likeness (QED) is 0.515. The first-order valence-corrected chi connectivity index (χ1v) is 11.3. The van der Waals surface area contributed by atoms with Gasteiger partial charge in [-0.3, -0.25) is 14.5 Å². The summed E-state index contributed by atoms with van der Waals surface area (Å²) in [5.41, 5.74) is 1.15. The highest BCUT2D eigenvalue weighted by Crippen LogP contribution is 2.20. The van der Waals surface area contributed by atoms with Crippen LogP contribution in [-0.4, -0.2) is 78.2 Å². The van der Waals surface area contributed by atoms with Crippen molar-refractivity contribution in [2.45, 2.75) is 51.8 Å². The second kappa shape index (κ2) is 10.8. The van der Waals surface area contributed by atoms with E-state index in [-0.39, 0.29) is 18.9 Å². The Balaban J connectivity index is 1.65. The van der Waals surface area contributed by atoms with Crippen LogP contribution in [0.3, 0.4) is 0 Å². The lowest BCUT2D eigenvalue weighted by Crippen LogP contribution is -2.53. The number of carbonyl (C=O) groups excluding carboxylic acids is 3. The number of aromatic amines is 1. The van der Waals surface area contributed by atoms with E-state index in [2.05, 4.69) is 15.6 Å². The Bertz CT molecular complexity index is 975. The van der Waals surface area contributed by atoms with Crippen molar-refractivity contribution in [3.05, 3.63) is 36.0 Å². The summed E-state index contributed by atoms with van der Waals surface area (Å²) in [7, 11) is 0. The number of nitrogens with one attached hydrogen (secondary N) is 3. The molecule has 1 saturated heterocycles. The van der Waals surface area contributed by atoms with Crippen LogP contribution in [0.2, 0.25) is 0 Å². The highest BCUT2D eigenvalue weighted by molar-refractivity contribution is 5.91. The Morgan fingerprint density at radius 3 is 2.55 bits per heavy atom. The van der Waals surface area contributed by atoms with Gasteiger partial charge < -0.3 is 25.1 Å². The normalized spacial score (nSPS) is 16.7. The van der Waals surface area contributed by atoms with E-state index in [4.69, 9.17) is 9.47 Å². The molecule has 180 valence electrons. The summed E-state index contributed by atoms with van der Waals surface area (Å²) in [5, 5.41) is 6.47. The molecule has 2 atom stereocenters. The third-order valence-electron chi connectivity index (χ3n) is 5.35. The Kier molecular flexibility index (Phi) is 8.10. The number of rotatable bonds is 8. The van der Waals surface area contributed by atoms with Crippen LogP contribution in [-0.2, 0) is 30.3 Å². The minimum Gasteiger partial charge on any atom is -0.458 e. The molecule has 1 fully saturated rings. The van der Waals surface area contributed by atoms with Crippen LogP contribution in [0.1, 0.15) is 33.3 Å². The molecule has 9 heteroatoms. The predicted octanol–water partition coefficient (Wildman–Crippen LogP) is 1.37. The lowest BCUT2D eigenvalue weighted by molar-refractivity contribution is -0.158. The molecule has 0 aliphatic carbocycles.